The highest BCUT2D eigenvalue weighted by Crippen LogP contribution is 2.35. The minimum Gasteiger partial charge on any atom is -0.342 e. The van der Waals surface area contributed by atoms with Crippen molar-refractivity contribution in [2.45, 2.75) is 51.5 Å². The SMILES string of the molecule is C=CCn1c(N2CCC(Cc3ccccc3)CC2)nc2sc3c(c2c1=O)CCCC3. The van der Waals surface area contributed by atoms with Gasteiger partial charge in [0.05, 0.1) is 5.39 Å². The van der Waals surface area contributed by atoms with Gasteiger partial charge in [-0.3, -0.25) is 9.36 Å². The molecule has 0 amide bonds. The van der Waals surface area contributed by atoms with E-state index < -0.39 is 0 Å². The number of hydrogen-bond donors (Lipinski definition) is 0. The maximum Gasteiger partial charge on any atom is 0.264 e. The third-order valence-electron chi connectivity index (χ3n) is 6.63. The van der Waals surface area contributed by atoms with E-state index in [1.54, 1.807) is 11.3 Å². The number of allylic oxidation sites excluding steroid dienone is 1. The van der Waals surface area contributed by atoms with Crippen LogP contribution in [0, 0.1) is 5.92 Å². The zero-order valence-electron chi connectivity index (χ0n) is 17.5. The zero-order chi connectivity index (χ0) is 20.5. The molecule has 0 saturated carbocycles. The summed E-state index contributed by atoms with van der Waals surface area (Å²) in [6.07, 6.45) is 9.74. The number of rotatable bonds is 5. The molecule has 30 heavy (non-hydrogen) atoms. The predicted molar refractivity (Wildman–Crippen MR) is 126 cm³/mol. The number of fused-ring (bicyclic) bond motifs is 3. The summed E-state index contributed by atoms with van der Waals surface area (Å²) in [4.78, 5) is 23.2. The van der Waals surface area contributed by atoms with Crippen molar-refractivity contribution in [2.24, 2.45) is 5.92 Å². The average Bonchev–Trinajstić information content (AvgIpc) is 3.16. The fourth-order valence-electron chi connectivity index (χ4n) is 5.05. The lowest BCUT2D eigenvalue weighted by Gasteiger charge is -2.33. The number of benzene rings is 1. The number of piperidine rings is 1. The van der Waals surface area contributed by atoms with Crippen molar-refractivity contribution in [2.75, 3.05) is 18.0 Å². The van der Waals surface area contributed by atoms with Crippen molar-refractivity contribution < 1.29 is 0 Å². The summed E-state index contributed by atoms with van der Waals surface area (Å²) in [5, 5.41) is 0.874. The maximum absolute atomic E-state index is 13.5. The smallest absolute Gasteiger partial charge is 0.264 e. The molecule has 0 unspecified atom stereocenters. The molecule has 0 radical (unpaired) electrons. The van der Waals surface area contributed by atoms with Gasteiger partial charge in [-0.05, 0) is 62.0 Å². The molecule has 4 nitrogen and oxygen atoms in total. The molecule has 2 aromatic heterocycles. The summed E-state index contributed by atoms with van der Waals surface area (Å²) in [5.74, 6) is 1.53. The van der Waals surface area contributed by atoms with Gasteiger partial charge in [-0.25, -0.2) is 4.98 Å². The Morgan fingerprint density at radius 3 is 2.67 bits per heavy atom. The van der Waals surface area contributed by atoms with E-state index in [0.717, 1.165) is 61.4 Å². The normalized spacial score (nSPS) is 17.3. The Bertz CT molecular complexity index is 1110. The molecule has 0 N–H and O–H groups in total. The first kappa shape index (κ1) is 19.6. The molecule has 0 bridgehead atoms. The van der Waals surface area contributed by atoms with Crippen LogP contribution in [0.3, 0.4) is 0 Å². The molecular weight excluding hydrogens is 390 g/mol. The second-order valence-corrected chi connectivity index (χ2v) is 9.71. The van der Waals surface area contributed by atoms with Crippen molar-refractivity contribution >= 4 is 27.5 Å². The van der Waals surface area contributed by atoms with Crippen LogP contribution in [-0.2, 0) is 25.8 Å². The molecule has 1 aromatic carbocycles. The standard InChI is InChI=1S/C25H29N3OS/c1-2-14-28-24(29)22-20-10-6-7-11-21(20)30-23(22)26-25(28)27-15-12-19(13-16-27)17-18-8-4-3-5-9-18/h2-5,8-9,19H,1,6-7,10-17H2. The summed E-state index contributed by atoms with van der Waals surface area (Å²) in [6, 6.07) is 10.8. The number of hydrogen-bond acceptors (Lipinski definition) is 4. The molecule has 156 valence electrons. The van der Waals surface area contributed by atoms with Gasteiger partial charge < -0.3 is 4.90 Å². The highest BCUT2D eigenvalue weighted by molar-refractivity contribution is 7.18. The van der Waals surface area contributed by atoms with Crippen molar-refractivity contribution in [1.29, 1.82) is 0 Å². The van der Waals surface area contributed by atoms with E-state index >= 15 is 0 Å². The lowest BCUT2D eigenvalue weighted by atomic mass is 9.90. The van der Waals surface area contributed by atoms with Gasteiger partial charge in [-0.1, -0.05) is 36.4 Å². The summed E-state index contributed by atoms with van der Waals surface area (Å²) >= 11 is 1.74. The zero-order valence-corrected chi connectivity index (χ0v) is 18.3. The molecule has 3 heterocycles. The van der Waals surface area contributed by atoms with E-state index in [-0.39, 0.29) is 5.56 Å². The monoisotopic (exact) mass is 419 g/mol. The topological polar surface area (TPSA) is 38.1 Å². The van der Waals surface area contributed by atoms with E-state index in [1.165, 1.54) is 28.8 Å². The third-order valence-corrected chi connectivity index (χ3v) is 7.82. The summed E-state index contributed by atoms with van der Waals surface area (Å²) in [5.41, 5.74) is 2.81. The van der Waals surface area contributed by atoms with Gasteiger partial charge in [-0.2, -0.15) is 0 Å². The van der Waals surface area contributed by atoms with Gasteiger partial charge in [-0.15, -0.1) is 17.9 Å². The first-order chi connectivity index (χ1) is 14.7. The first-order valence-electron chi connectivity index (χ1n) is 11.2. The summed E-state index contributed by atoms with van der Waals surface area (Å²) in [7, 11) is 0. The van der Waals surface area contributed by atoms with Gasteiger partial charge in [0.15, 0.2) is 0 Å². The van der Waals surface area contributed by atoms with Crippen LogP contribution in [0.5, 0.6) is 0 Å². The Morgan fingerprint density at radius 2 is 1.90 bits per heavy atom. The van der Waals surface area contributed by atoms with Crippen LogP contribution < -0.4 is 10.5 Å². The number of aryl methyl sites for hydroxylation is 2. The minimum absolute atomic E-state index is 0.126. The van der Waals surface area contributed by atoms with E-state index in [9.17, 15) is 4.79 Å². The Balaban J connectivity index is 1.43. The lowest BCUT2D eigenvalue weighted by Crippen LogP contribution is -2.39. The molecular formula is C25H29N3OS. The number of aromatic nitrogens is 2. The second kappa shape index (κ2) is 8.38. The van der Waals surface area contributed by atoms with Gasteiger partial charge in [0, 0.05) is 24.5 Å². The largest absolute Gasteiger partial charge is 0.342 e. The van der Waals surface area contributed by atoms with Crippen molar-refractivity contribution in [3.8, 4) is 0 Å². The fraction of sp³-hybridized carbons (Fsp3) is 0.440. The average molecular weight is 420 g/mol. The van der Waals surface area contributed by atoms with Crippen LogP contribution in [-0.4, -0.2) is 22.6 Å². The summed E-state index contributed by atoms with van der Waals surface area (Å²) in [6.45, 7) is 6.33. The van der Waals surface area contributed by atoms with Gasteiger partial charge in [0.1, 0.15) is 4.83 Å². The molecule has 1 fully saturated rings. The van der Waals surface area contributed by atoms with E-state index in [1.807, 2.05) is 10.6 Å². The molecule has 1 aliphatic carbocycles. The molecule has 1 aliphatic heterocycles. The van der Waals surface area contributed by atoms with Crippen LogP contribution >= 0.6 is 11.3 Å². The highest BCUT2D eigenvalue weighted by atomic mass is 32.1. The highest BCUT2D eigenvalue weighted by Gasteiger charge is 2.26. The number of thiophene rings is 1. The van der Waals surface area contributed by atoms with E-state index in [0.29, 0.717) is 12.5 Å². The molecule has 5 rings (SSSR count). The molecule has 3 aromatic rings. The molecule has 2 aliphatic rings. The van der Waals surface area contributed by atoms with Gasteiger partial charge in [0.25, 0.3) is 5.56 Å². The van der Waals surface area contributed by atoms with Gasteiger partial charge >= 0.3 is 0 Å². The molecule has 0 atom stereocenters. The lowest BCUT2D eigenvalue weighted by molar-refractivity contribution is 0.398. The van der Waals surface area contributed by atoms with Crippen LogP contribution in [0.25, 0.3) is 10.2 Å². The number of anilines is 1. The Morgan fingerprint density at radius 1 is 1.13 bits per heavy atom. The Labute approximate surface area is 181 Å². The second-order valence-electron chi connectivity index (χ2n) is 8.63. The fourth-order valence-corrected chi connectivity index (χ4v) is 6.29. The van der Waals surface area contributed by atoms with Crippen molar-refractivity contribution in [3.05, 3.63) is 69.3 Å². The summed E-state index contributed by atoms with van der Waals surface area (Å²) < 4.78 is 1.86. The Kier molecular flexibility index (Phi) is 5.47. The molecule has 0 spiro atoms. The minimum atomic E-state index is 0.126. The van der Waals surface area contributed by atoms with Crippen molar-refractivity contribution in [1.82, 2.24) is 9.55 Å². The predicted octanol–water partition coefficient (Wildman–Crippen LogP) is 4.98. The quantitative estimate of drug-likeness (QED) is 0.547. The van der Waals surface area contributed by atoms with E-state index in [2.05, 4.69) is 41.8 Å². The van der Waals surface area contributed by atoms with Crippen LogP contribution in [0.1, 0.15) is 41.7 Å². The number of nitrogens with zero attached hydrogens (tertiary/aromatic N) is 3. The van der Waals surface area contributed by atoms with Gasteiger partial charge in [0.2, 0.25) is 5.95 Å². The van der Waals surface area contributed by atoms with Crippen molar-refractivity contribution in [3.63, 3.8) is 0 Å². The third kappa shape index (κ3) is 3.60. The van der Waals surface area contributed by atoms with E-state index in [4.69, 9.17) is 4.98 Å². The molecule has 5 heteroatoms. The maximum atomic E-state index is 13.5. The first-order valence-corrected chi connectivity index (χ1v) is 12.0. The Hall–Kier alpha value is -2.40. The van der Waals surface area contributed by atoms with Crippen LogP contribution in [0.2, 0.25) is 0 Å². The van der Waals surface area contributed by atoms with Crippen LogP contribution in [0.15, 0.2) is 47.8 Å². The molecule has 1 saturated heterocycles. The van der Waals surface area contributed by atoms with Crippen LogP contribution in [0.4, 0.5) is 5.95 Å².